The van der Waals surface area contributed by atoms with Crippen molar-refractivity contribution in [2.24, 2.45) is 20.8 Å². The molecule has 12 heteroatoms. The van der Waals surface area contributed by atoms with Crippen LogP contribution in [0.1, 0.15) is 89.4 Å². The number of aromatic nitrogens is 4. The minimum absolute atomic E-state index is 0.0790. The van der Waals surface area contributed by atoms with E-state index in [0.717, 1.165) is 51.4 Å². The van der Waals surface area contributed by atoms with Crippen LogP contribution in [0.25, 0.3) is 0 Å². The van der Waals surface area contributed by atoms with Gasteiger partial charge in [0.15, 0.2) is 13.1 Å². The Bertz CT molecular complexity index is 833. The van der Waals surface area contributed by atoms with E-state index in [9.17, 15) is 10.4 Å². The summed E-state index contributed by atoms with van der Waals surface area (Å²) in [5.41, 5.74) is 1.30. The molecule has 1 atom stereocenters. The average molecular weight is 437 g/mol. The van der Waals surface area contributed by atoms with Gasteiger partial charge in [0, 0.05) is 12.8 Å². The van der Waals surface area contributed by atoms with E-state index in [1.165, 1.54) is 0 Å². The van der Waals surface area contributed by atoms with Gasteiger partial charge in [-0.2, -0.15) is 0 Å². The van der Waals surface area contributed by atoms with E-state index < -0.39 is 0 Å². The van der Waals surface area contributed by atoms with E-state index in [1.54, 1.807) is 9.36 Å². The summed E-state index contributed by atoms with van der Waals surface area (Å²) >= 11 is 0. The molecule has 2 heterocycles. The Labute approximate surface area is 181 Å². The molecule has 0 spiro atoms. The van der Waals surface area contributed by atoms with Gasteiger partial charge in [0.2, 0.25) is 10.5 Å². The van der Waals surface area contributed by atoms with Gasteiger partial charge in [0.1, 0.15) is 0 Å². The second-order valence-electron chi connectivity index (χ2n) is 7.62. The molecule has 12 nitrogen and oxygen atoms in total. The van der Waals surface area contributed by atoms with E-state index in [-0.39, 0.29) is 17.7 Å². The molecule has 172 valence electrons. The van der Waals surface area contributed by atoms with Gasteiger partial charge in [-0.15, -0.1) is 10.2 Å². The zero-order valence-corrected chi connectivity index (χ0v) is 18.6. The minimum atomic E-state index is -0.181. The van der Waals surface area contributed by atoms with Crippen LogP contribution in [0.4, 0.5) is 11.8 Å². The molecule has 2 aromatic rings. The maximum Gasteiger partial charge on any atom is 0.342 e. The quantitative estimate of drug-likeness (QED) is 0.167. The van der Waals surface area contributed by atoms with Crippen LogP contribution in [0.5, 0.6) is 0 Å². The van der Waals surface area contributed by atoms with Crippen molar-refractivity contribution in [3.05, 3.63) is 21.8 Å². The first kappa shape index (κ1) is 24.4. The lowest BCUT2D eigenvalue weighted by Gasteiger charge is -2.04. The molecule has 0 saturated heterocycles. The number of nitrogens with zero attached hydrogens (tertiary/aromatic N) is 8. The molecule has 31 heavy (non-hydrogen) atoms. The fraction of sp³-hybridized carbons (Fsp3) is 0.789. The molecule has 0 N–H and O–H groups in total. The third kappa shape index (κ3) is 7.07. The molecule has 2 rings (SSSR count). The zero-order chi connectivity index (χ0) is 22.5. The van der Waals surface area contributed by atoms with Crippen LogP contribution < -0.4 is 9.36 Å². The minimum Gasteiger partial charge on any atom is -0.775 e. The second-order valence-corrected chi connectivity index (χ2v) is 7.62. The van der Waals surface area contributed by atoms with E-state index in [4.69, 9.17) is 9.05 Å². The highest BCUT2D eigenvalue weighted by Crippen LogP contribution is 2.29. The highest BCUT2D eigenvalue weighted by atomic mass is 16.5. The number of aryl methyl sites for hydroxylation is 2. The lowest BCUT2D eigenvalue weighted by atomic mass is 10.0. The Balaban J connectivity index is 2.23. The molecule has 1 unspecified atom stereocenters. The van der Waals surface area contributed by atoms with E-state index >= 15 is 0 Å². The average Bonchev–Trinajstić information content (AvgIpc) is 3.33. The predicted octanol–water partition coefficient (Wildman–Crippen LogP) is 4.91. The molecule has 0 bridgehead atoms. The lowest BCUT2D eigenvalue weighted by molar-refractivity contribution is -0.772. The van der Waals surface area contributed by atoms with Crippen LogP contribution >= 0.6 is 0 Å². The fourth-order valence-corrected chi connectivity index (χ4v) is 3.57. The van der Waals surface area contributed by atoms with E-state index in [0.29, 0.717) is 30.9 Å². The van der Waals surface area contributed by atoms with Gasteiger partial charge < -0.3 is 10.4 Å². The number of hydrogen-bond donors (Lipinski definition) is 0. The molecule has 0 aliphatic rings. The third-order valence-corrected chi connectivity index (χ3v) is 5.18. The van der Waals surface area contributed by atoms with Crippen LogP contribution in [0.15, 0.2) is 29.8 Å². The van der Waals surface area contributed by atoms with Crippen LogP contribution in [0.2, 0.25) is 0 Å². The molecule has 0 fully saturated rings. The second kappa shape index (κ2) is 13.4. The number of rotatable bonds is 15. The zero-order valence-electron chi connectivity index (χ0n) is 18.6. The fourth-order valence-electron chi connectivity index (χ4n) is 3.57. The van der Waals surface area contributed by atoms with Crippen molar-refractivity contribution in [1.29, 1.82) is 0 Å². The van der Waals surface area contributed by atoms with Crippen molar-refractivity contribution < 1.29 is 18.4 Å². The van der Waals surface area contributed by atoms with Crippen molar-refractivity contribution >= 4 is 11.8 Å². The smallest absolute Gasteiger partial charge is 0.342 e. The summed E-state index contributed by atoms with van der Waals surface area (Å²) in [6.45, 7) is 7.54. The summed E-state index contributed by atoms with van der Waals surface area (Å²) in [6.07, 6.45) is 8.96. The van der Waals surface area contributed by atoms with Gasteiger partial charge >= 0.3 is 11.8 Å². The Hall–Kier alpha value is -2.92. The SMILES string of the molecule is CCCCCC[n+]1noc(/N=N/[O-])c1CC(C)c1c(/N=N/[O-])on[n+]1CCCCCC. The topological polar surface area (TPSA) is 155 Å². The first-order valence-electron chi connectivity index (χ1n) is 11.0. The van der Waals surface area contributed by atoms with Gasteiger partial charge in [-0.05, 0) is 22.2 Å². The summed E-state index contributed by atoms with van der Waals surface area (Å²) in [5, 5.41) is 41.8. The molecular formula is C19H32N8O4. The Morgan fingerprint density at radius 2 is 1.35 bits per heavy atom. The van der Waals surface area contributed by atoms with Gasteiger partial charge in [-0.1, -0.05) is 46.5 Å². The molecule has 2 aromatic heterocycles. The normalized spacial score (nSPS) is 13.0. The summed E-state index contributed by atoms with van der Waals surface area (Å²) in [6, 6.07) is 0. The first-order chi connectivity index (χ1) is 15.2. The Morgan fingerprint density at radius 3 is 1.97 bits per heavy atom. The van der Waals surface area contributed by atoms with Crippen molar-refractivity contribution in [2.45, 2.75) is 97.6 Å². The van der Waals surface area contributed by atoms with Crippen molar-refractivity contribution in [1.82, 2.24) is 10.5 Å². The maximum atomic E-state index is 10.7. The van der Waals surface area contributed by atoms with Gasteiger partial charge in [0.05, 0.1) is 12.3 Å². The molecule has 0 aromatic carbocycles. The summed E-state index contributed by atoms with van der Waals surface area (Å²) in [4.78, 5) is 0. The molecule has 0 radical (unpaired) electrons. The Kier molecular flexibility index (Phi) is 10.5. The summed E-state index contributed by atoms with van der Waals surface area (Å²) < 4.78 is 13.9. The maximum absolute atomic E-state index is 10.7. The molecular weight excluding hydrogens is 404 g/mol. The van der Waals surface area contributed by atoms with Crippen molar-refractivity contribution in [2.75, 3.05) is 0 Å². The monoisotopic (exact) mass is 436 g/mol. The number of unbranched alkanes of at least 4 members (excludes halogenated alkanes) is 6. The highest BCUT2D eigenvalue weighted by Gasteiger charge is 2.35. The summed E-state index contributed by atoms with van der Waals surface area (Å²) in [7, 11) is 0. The molecule has 0 amide bonds. The predicted molar refractivity (Wildman–Crippen MR) is 110 cm³/mol. The largest absolute Gasteiger partial charge is 0.775 e. The highest BCUT2D eigenvalue weighted by molar-refractivity contribution is 5.30. The van der Waals surface area contributed by atoms with Crippen LogP contribution in [0, 0.1) is 10.4 Å². The summed E-state index contributed by atoms with van der Waals surface area (Å²) in [5.74, 6) is -0.0222. The number of hydrogen-bond acceptors (Lipinski definition) is 10. The van der Waals surface area contributed by atoms with E-state index in [1.807, 2.05) is 6.92 Å². The lowest BCUT2D eigenvalue weighted by Crippen LogP contribution is -2.42. The Morgan fingerprint density at radius 1 is 0.806 bits per heavy atom. The molecule has 0 saturated carbocycles. The standard InChI is InChI=1S/C19H32N8O4/c1-4-6-8-10-12-26-16(18(20-22-28)30-24-26)14-15(3)17-19(21-23-29)31-25-27(17)13-11-9-7-5-2/h15H,4-14H2,1-3H3. The van der Waals surface area contributed by atoms with Crippen LogP contribution in [0.3, 0.4) is 0 Å². The molecule has 0 aliphatic heterocycles. The van der Waals surface area contributed by atoms with Gasteiger partial charge in [-0.25, -0.2) is 10.6 Å². The molecule has 0 aliphatic carbocycles. The van der Waals surface area contributed by atoms with Crippen molar-refractivity contribution in [3.63, 3.8) is 0 Å². The first-order valence-corrected chi connectivity index (χ1v) is 11.0. The third-order valence-electron chi connectivity index (χ3n) is 5.18. The van der Waals surface area contributed by atoms with E-state index in [2.05, 4.69) is 45.2 Å². The van der Waals surface area contributed by atoms with Crippen molar-refractivity contribution in [3.8, 4) is 0 Å². The van der Waals surface area contributed by atoms with Gasteiger partial charge in [-0.3, -0.25) is 9.05 Å². The van der Waals surface area contributed by atoms with Gasteiger partial charge in [0.25, 0.3) is 11.4 Å². The van der Waals surface area contributed by atoms with Crippen LogP contribution in [-0.2, 0) is 19.5 Å². The van der Waals surface area contributed by atoms with Crippen LogP contribution in [-0.4, -0.2) is 10.5 Å².